The Kier molecular flexibility index (Phi) is 3.21. The van der Waals surface area contributed by atoms with Crippen LogP contribution in [0.25, 0.3) is 22.4 Å². The van der Waals surface area contributed by atoms with Crippen molar-refractivity contribution in [3.8, 4) is 22.4 Å². The fraction of sp³-hybridized carbons (Fsp3) is 0.0556. The van der Waals surface area contributed by atoms with Gasteiger partial charge in [0.1, 0.15) is 0 Å². The number of aromatic nitrogens is 1. The number of anilines is 1. The van der Waals surface area contributed by atoms with Gasteiger partial charge in [0.25, 0.3) is 0 Å². The maximum absolute atomic E-state index is 5.75. The van der Waals surface area contributed by atoms with E-state index in [1.165, 1.54) is 11.1 Å². The van der Waals surface area contributed by atoms with Gasteiger partial charge in [-0.2, -0.15) is 0 Å². The highest BCUT2D eigenvalue weighted by atomic mass is 14.7. The van der Waals surface area contributed by atoms with Crippen LogP contribution in [-0.4, -0.2) is 4.98 Å². The first kappa shape index (κ1) is 12.4. The molecule has 2 aromatic carbocycles. The minimum atomic E-state index is 0.765. The molecular formula is C18H16N2. The lowest BCUT2D eigenvalue weighted by Crippen LogP contribution is -1.90. The molecule has 0 saturated heterocycles. The van der Waals surface area contributed by atoms with Crippen molar-refractivity contribution in [1.82, 2.24) is 4.98 Å². The first-order valence-electron chi connectivity index (χ1n) is 6.62. The van der Waals surface area contributed by atoms with Crippen molar-refractivity contribution >= 4 is 5.69 Å². The molecule has 0 unspecified atom stereocenters. The molecule has 0 aliphatic heterocycles. The Balaban J connectivity index is 2.13. The highest BCUT2D eigenvalue weighted by Crippen LogP contribution is 2.30. The molecule has 1 heterocycles. The maximum Gasteiger partial charge on any atom is 0.0780 e. The van der Waals surface area contributed by atoms with E-state index in [0.717, 1.165) is 22.5 Å². The van der Waals surface area contributed by atoms with Crippen molar-refractivity contribution in [2.24, 2.45) is 0 Å². The van der Waals surface area contributed by atoms with E-state index >= 15 is 0 Å². The number of hydrogen-bond donors (Lipinski definition) is 1. The molecule has 0 saturated carbocycles. The fourth-order valence-electron chi connectivity index (χ4n) is 2.24. The number of nitrogen functional groups attached to an aromatic ring is 1. The summed E-state index contributed by atoms with van der Waals surface area (Å²) < 4.78 is 0. The monoisotopic (exact) mass is 260 g/mol. The summed E-state index contributed by atoms with van der Waals surface area (Å²) in [4.78, 5) is 4.54. The molecule has 0 aliphatic rings. The Labute approximate surface area is 118 Å². The second-order valence-corrected chi connectivity index (χ2v) is 4.89. The standard InChI is InChI=1S/C18H16N2/c1-13-4-6-14(7-5-13)17-3-2-12-20-18(17)15-8-10-16(19)11-9-15/h2-12H,19H2,1H3. The topological polar surface area (TPSA) is 38.9 Å². The zero-order chi connectivity index (χ0) is 13.9. The third-order valence-corrected chi connectivity index (χ3v) is 3.35. The molecular weight excluding hydrogens is 244 g/mol. The molecule has 3 aromatic rings. The molecule has 0 spiro atoms. The molecule has 0 radical (unpaired) electrons. The molecule has 1 aromatic heterocycles. The lowest BCUT2D eigenvalue weighted by atomic mass is 9.98. The van der Waals surface area contributed by atoms with E-state index in [1.54, 1.807) is 0 Å². The molecule has 2 N–H and O–H groups in total. The average Bonchev–Trinajstić information content (AvgIpc) is 2.49. The van der Waals surface area contributed by atoms with E-state index in [9.17, 15) is 0 Å². The SMILES string of the molecule is Cc1ccc(-c2cccnc2-c2ccc(N)cc2)cc1. The van der Waals surface area contributed by atoms with Crippen LogP contribution in [0.5, 0.6) is 0 Å². The molecule has 0 fully saturated rings. The van der Waals surface area contributed by atoms with Gasteiger partial charge in [-0.3, -0.25) is 4.98 Å². The summed E-state index contributed by atoms with van der Waals surface area (Å²) in [6.07, 6.45) is 1.82. The predicted molar refractivity (Wildman–Crippen MR) is 84.3 cm³/mol. The van der Waals surface area contributed by atoms with Crippen molar-refractivity contribution in [2.75, 3.05) is 5.73 Å². The number of hydrogen-bond acceptors (Lipinski definition) is 2. The second-order valence-electron chi connectivity index (χ2n) is 4.89. The maximum atomic E-state index is 5.75. The number of nitrogens with zero attached hydrogens (tertiary/aromatic N) is 1. The molecule has 2 heteroatoms. The van der Waals surface area contributed by atoms with Gasteiger partial charge < -0.3 is 5.73 Å². The Hall–Kier alpha value is -2.61. The minimum absolute atomic E-state index is 0.765. The molecule has 20 heavy (non-hydrogen) atoms. The van der Waals surface area contributed by atoms with Crippen LogP contribution in [0.1, 0.15) is 5.56 Å². The molecule has 0 atom stereocenters. The van der Waals surface area contributed by atoms with Gasteiger partial charge in [-0.15, -0.1) is 0 Å². The lowest BCUT2D eigenvalue weighted by Gasteiger charge is -2.09. The largest absolute Gasteiger partial charge is 0.399 e. The van der Waals surface area contributed by atoms with E-state index in [-0.39, 0.29) is 0 Å². The molecule has 3 rings (SSSR count). The molecule has 0 aliphatic carbocycles. The van der Waals surface area contributed by atoms with Crippen LogP contribution >= 0.6 is 0 Å². The van der Waals surface area contributed by atoms with E-state index in [1.807, 2.05) is 36.5 Å². The van der Waals surface area contributed by atoms with Gasteiger partial charge in [-0.05, 0) is 30.7 Å². The van der Waals surface area contributed by atoms with Gasteiger partial charge in [-0.1, -0.05) is 48.0 Å². The van der Waals surface area contributed by atoms with Crippen LogP contribution in [0, 0.1) is 6.92 Å². The molecule has 0 amide bonds. The van der Waals surface area contributed by atoms with Gasteiger partial charge in [0.2, 0.25) is 0 Å². The van der Waals surface area contributed by atoms with Crippen LogP contribution in [0.4, 0.5) is 5.69 Å². The van der Waals surface area contributed by atoms with Crippen molar-refractivity contribution in [3.05, 3.63) is 72.4 Å². The molecule has 2 nitrogen and oxygen atoms in total. The van der Waals surface area contributed by atoms with Crippen LogP contribution in [0.15, 0.2) is 66.9 Å². The third-order valence-electron chi connectivity index (χ3n) is 3.35. The summed E-state index contributed by atoms with van der Waals surface area (Å²) >= 11 is 0. The molecule has 98 valence electrons. The van der Waals surface area contributed by atoms with E-state index < -0.39 is 0 Å². The third kappa shape index (κ3) is 2.41. The number of aryl methyl sites for hydroxylation is 1. The van der Waals surface area contributed by atoms with Crippen molar-refractivity contribution < 1.29 is 0 Å². The zero-order valence-corrected chi connectivity index (χ0v) is 11.4. The van der Waals surface area contributed by atoms with Crippen LogP contribution in [-0.2, 0) is 0 Å². The van der Waals surface area contributed by atoms with E-state index in [2.05, 4.69) is 42.2 Å². The first-order valence-corrected chi connectivity index (χ1v) is 6.62. The van der Waals surface area contributed by atoms with Crippen LogP contribution in [0.3, 0.4) is 0 Å². The highest BCUT2D eigenvalue weighted by Gasteiger charge is 2.08. The van der Waals surface area contributed by atoms with Gasteiger partial charge >= 0.3 is 0 Å². The van der Waals surface area contributed by atoms with Crippen LogP contribution in [0.2, 0.25) is 0 Å². The summed E-state index contributed by atoms with van der Waals surface area (Å²) in [7, 11) is 0. The van der Waals surface area contributed by atoms with E-state index in [0.29, 0.717) is 0 Å². The summed E-state index contributed by atoms with van der Waals surface area (Å²) in [5.74, 6) is 0. The van der Waals surface area contributed by atoms with Gasteiger partial charge in [0.15, 0.2) is 0 Å². The average molecular weight is 260 g/mol. The second kappa shape index (κ2) is 5.17. The number of pyridine rings is 1. The minimum Gasteiger partial charge on any atom is -0.399 e. The van der Waals surface area contributed by atoms with Crippen LogP contribution < -0.4 is 5.73 Å². The predicted octanol–water partition coefficient (Wildman–Crippen LogP) is 4.31. The normalized spacial score (nSPS) is 10.4. The Bertz CT molecular complexity index is 649. The summed E-state index contributed by atoms with van der Waals surface area (Å²) in [5.41, 5.74) is 12.1. The summed E-state index contributed by atoms with van der Waals surface area (Å²) in [5, 5.41) is 0. The van der Waals surface area contributed by atoms with Gasteiger partial charge in [-0.25, -0.2) is 0 Å². The number of nitrogens with two attached hydrogens (primary N) is 1. The highest BCUT2D eigenvalue weighted by molar-refractivity contribution is 5.81. The fourth-order valence-corrected chi connectivity index (χ4v) is 2.24. The van der Waals surface area contributed by atoms with E-state index in [4.69, 9.17) is 5.73 Å². The number of benzene rings is 2. The Morgan fingerprint density at radius 1 is 0.800 bits per heavy atom. The lowest BCUT2D eigenvalue weighted by molar-refractivity contribution is 1.32. The Morgan fingerprint density at radius 3 is 2.15 bits per heavy atom. The van der Waals surface area contributed by atoms with Crippen molar-refractivity contribution in [3.63, 3.8) is 0 Å². The number of rotatable bonds is 2. The zero-order valence-electron chi connectivity index (χ0n) is 11.4. The summed E-state index contributed by atoms with van der Waals surface area (Å²) in [6, 6.07) is 20.4. The van der Waals surface area contributed by atoms with Crippen molar-refractivity contribution in [2.45, 2.75) is 6.92 Å². The first-order chi connectivity index (χ1) is 9.74. The summed E-state index contributed by atoms with van der Waals surface area (Å²) in [6.45, 7) is 2.09. The Morgan fingerprint density at radius 2 is 1.45 bits per heavy atom. The van der Waals surface area contributed by atoms with Crippen molar-refractivity contribution in [1.29, 1.82) is 0 Å². The smallest absolute Gasteiger partial charge is 0.0780 e. The quantitative estimate of drug-likeness (QED) is 0.697. The van der Waals surface area contributed by atoms with Gasteiger partial charge in [0, 0.05) is 23.0 Å². The molecule has 0 bridgehead atoms. The van der Waals surface area contributed by atoms with Gasteiger partial charge in [0.05, 0.1) is 5.69 Å².